The van der Waals surface area contributed by atoms with Crippen molar-refractivity contribution in [2.24, 2.45) is 11.7 Å². The van der Waals surface area contributed by atoms with Crippen LogP contribution in [0.5, 0.6) is 0 Å². The Labute approximate surface area is 101 Å². The zero-order valence-corrected chi connectivity index (χ0v) is 10.7. The molecule has 0 amide bonds. The molecule has 1 aromatic rings. The summed E-state index contributed by atoms with van der Waals surface area (Å²) in [6.45, 7) is 4.14. The van der Waals surface area contributed by atoms with Gasteiger partial charge in [-0.2, -0.15) is 0 Å². The van der Waals surface area contributed by atoms with Crippen LogP contribution in [0.25, 0.3) is 0 Å². The maximum Gasteiger partial charge on any atom is 0.241 e. The van der Waals surface area contributed by atoms with Gasteiger partial charge in [0.25, 0.3) is 0 Å². The first kappa shape index (κ1) is 14.1. The highest BCUT2D eigenvalue weighted by atomic mass is 32.2. The lowest BCUT2D eigenvalue weighted by molar-refractivity contribution is 0.556. The number of nitrogens with one attached hydrogen (secondary N) is 1. The molecule has 0 heterocycles. The number of rotatable bonds is 5. The molecule has 0 aromatic heterocycles. The van der Waals surface area contributed by atoms with Crippen molar-refractivity contribution in [3.8, 4) is 0 Å². The van der Waals surface area contributed by atoms with E-state index < -0.39 is 15.8 Å². The van der Waals surface area contributed by atoms with Gasteiger partial charge in [-0.1, -0.05) is 19.9 Å². The molecule has 0 saturated carbocycles. The normalized spacial score (nSPS) is 12.1. The SMILES string of the molecule is CC(C)CNS(=O)(=O)c1cc(F)ccc1CN. The van der Waals surface area contributed by atoms with Gasteiger partial charge in [0, 0.05) is 13.1 Å². The molecule has 3 N–H and O–H groups in total. The first-order valence-electron chi connectivity index (χ1n) is 5.35. The van der Waals surface area contributed by atoms with Gasteiger partial charge < -0.3 is 5.73 Å². The summed E-state index contributed by atoms with van der Waals surface area (Å²) in [6.07, 6.45) is 0. The Morgan fingerprint density at radius 1 is 1.41 bits per heavy atom. The third-order valence-corrected chi connectivity index (χ3v) is 3.73. The van der Waals surface area contributed by atoms with Crippen LogP contribution in [-0.4, -0.2) is 15.0 Å². The van der Waals surface area contributed by atoms with Crippen LogP contribution in [0.15, 0.2) is 23.1 Å². The molecule has 1 rings (SSSR count). The largest absolute Gasteiger partial charge is 0.326 e. The zero-order chi connectivity index (χ0) is 13.1. The van der Waals surface area contributed by atoms with E-state index in [9.17, 15) is 12.8 Å². The molecule has 0 aliphatic rings. The predicted octanol–water partition coefficient (Wildman–Crippen LogP) is 1.22. The fraction of sp³-hybridized carbons (Fsp3) is 0.455. The second kappa shape index (κ2) is 5.57. The van der Waals surface area contributed by atoms with Crippen molar-refractivity contribution in [1.29, 1.82) is 0 Å². The van der Waals surface area contributed by atoms with Crippen LogP contribution >= 0.6 is 0 Å². The van der Waals surface area contributed by atoms with Gasteiger partial charge in [0.05, 0.1) is 4.90 Å². The topological polar surface area (TPSA) is 72.2 Å². The van der Waals surface area contributed by atoms with E-state index in [-0.39, 0.29) is 17.4 Å². The minimum atomic E-state index is -3.69. The van der Waals surface area contributed by atoms with E-state index in [4.69, 9.17) is 5.73 Å². The quantitative estimate of drug-likeness (QED) is 0.836. The summed E-state index contributed by atoms with van der Waals surface area (Å²) in [5.41, 5.74) is 5.84. The summed E-state index contributed by atoms with van der Waals surface area (Å²) in [6, 6.07) is 3.58. The Morgan fingerprint density at radius 2 is 2.06 bits per heavy atom. The highest BCUT2D eigenvalue weighted by Crippen LogP contribution is 2.16. The molecule has 0 bridgehead atoms. The van der Waals surface area contributed by atoms with Crippen molar-refractivity contribution in [2.75, 3.05) is 6.54 Å². The van der Waals surface area contributed by atoms with Gasteiger partial charge in [-0.05, 0) is 23.6 Å². The van der Waals surface area contributed by atoms with E-state index in [2.05, 4.69) is 4.72 Å². The van der Waals surface area contributed by atoms with Crippen LogP contribution in [0.2, 0.25) is 0 Å². The van der Waals surface area contributed by atoms with Crippen LogP contribution < -0.4 is 10.5 Å². The standard InChI is InChI=1S/C11H17FN2O2S/c1-8(2)7-14-17(15,16)11-5-10(12)4-3-9(11)6-13/h3-5,8,14H,6-7,13H2,1-2H3. The molecule has 0 saturated heterocycles. The summed E-state index contributed by atoms with van der Waals surface area (Å²) in [4.78, 5) is -0.0827. The van der Waals surface area contributed by atoms with Crippen molar-refractivity contribution < 1.29 is 12.8 Å². The Balaban J connectivity index is 3.09. The molecular weight excluding hydrogens is 243 g/mol. The number of hydrogen-bond donors (Lipinski definition) is 2. The molecule has 1 aromatic carbocycles. The number of sulfonamides is 1. The van der Waals surface area contributed by atoms with Gasteiger partial charge in [-0.25, -0.2) is 17.5 Å². The fourth-order valence-electron chi connectivity index (χ4n) is 1.30. The average molecular weight is 260 g/mol. The van der Waals surface area contributed by atoms with Crippen molar-refractivity contribution >= 4 is 10.0 Å². The van der Waals surface area contributed by atoms with E-state index in [0.29, 0.717) is 12.1 Å². The minimum Gasteiger partial charge on any atom is -0.326 e. The van der Waals surface area contributed by atoms with E-state index in [1.54, 1.807) is 0 Å². The Morgan fingerprint density at radius 3 is 2.59 bits per heavy atom. The van der Waals surface area contributed by atoms with Crippen molar-refractivity contribution in [1.82, 2.24) is 4.72 Å². The predicted molar refractivity (Wildman–Crippen MR) is 64.3 cm³/mol. The molecular formula is C11H17FN2O2S. The Kier molecular flexibility index (Phi) is 4.62. The number of halogens is 1. The van der Waals surface area contributed by atoms with Gasteiger partial charge in [0.2, 0.25) is 10.0 Å². The van der Waals surface area contributed by atoms with Crippen LogP contribution in [-0.2, 0) is 16.6 Å². The lowest BCUT2D eigenvalue weighted by Gasteiger charge is -2.11. The smallest absolute Gasteiger partial charge is 0.241 e. The molecule has 0 radical (unpaired) electrons. The van der Waals surface area contributed by atoms with E-state index in [0.717, 1.165) is 6.07 Å². The summed E-state index contributed by atoms with van der Waals surface area (Å²) in [5, 5.41) is 0. The van der Waals surface area contributed by atoms with Gasteiger partial charge in [0.1, 0.15) is 5.82 Å². The highest BCUT2D eigenvalue weighted by Gasteiger charge is 2.18. The molecule has 17 heavy (non-hydrogen) atoms. The lowest BCUT2D eigenvalue weighted by atomic mass is 10.2. The molecule has 0 aliphatic heterocycles. The lowest BCUT2D eigenvalue weighted by Crippen LogP contribution is -2.28. The number of benzene rings is 1. The molecule has 6 heteroatoms. The molecule has 0 fully saturated rings. The first-order chi connectivity index (χ1) is 7.86. The molecule has 0 unspecified atom stereocenters. The van der Waals surface area contributed by atoms with Gasteiger partial charge in [-0.3, -0.25) is 0 Å². The highest BCUT2D eigenvalue weighted by molar-refractivity contribution is 7.89. The van der Waals surface area contributed by atoms with Crippen LogP contribution in [0.4, 0.5) is 4.39 Å². The molecule has 0 aliphatic carbocycles. The van der Waals surface area contributed by atoms with Crippen LogP contribution in [0.3, 0.4) is 0 Å². The number of hydrogen-bond acceptors (Lipinski definition) is 3. The zero-order valence-electron chi connectivity index (χ0n) is 9.90. The first-order valence-corrected chi connectivity index (χ1v) is 6.83. The number of nitrogens with two attached hydrogens (primary N) is 1. The fourth-order valence-corrected chi connectivity index (χ4v) is 2.77. The average Bonchev–Trinajstić information content (AvgIpc) is 2.26. The van der Waals surface area contributed by atoms with E-state index >= 15 is 0 Å². The molecule has 96 valence electrons. The Hall–Kier alpha value is -0.980. The van der Waals surface area contributed by atoms with Gasteiger partial charge in [0.15, 0.2) is 0 Å². The second-order valence-corrected chi connectivity index (χ2v) is 5.94. The summed E-state index contributed by atoms with van der Waals surface area (Å²) < 4.78 is 39.4. The van der Waals surface area contributed by atoms with Crippen LogP contribution in [0, 0.1) is 11.7 Å². The summed E-state index contributed by atoms with van der Waals surface area (Å²) in [5.74, 6) is -0.410. The van der Waals surface area contributed by atoms with Crippen molar-refractivity contribution in [2.45, 2.75) is 25.3 Å². The third-order valence-electron chi connectivity index (χ3n) is 2.22. The monoisotopic (exact) mass is 260 g/mol. The van der Waals surface area contributed by atoms with Gasteiger partial charge in [-0.15, -0.1) is 0 Å². The Bertz CT molecular complexity index is 486. The summed E-state index contributed by atoms with van der Waals surface area (Å²) in [7, 11) is -3.69. The molecule has 4 nitrogen and oxygen atoms in total. The van der Waals surface area contributed by atoms with Crippen molar-refractivity contribution in [3.63, 3.8) is 0 Å². The minimum absolute atomic E-state index is 0.0538. The summed E-state index contributed by atoms with van der Waals surface area (Å²) >= 11 is 0. The maximum absolute atomic E-state index is 13.1. The van der Waals surface area contributed by atoms with Crippen molar-refractivity contribution in [3.05, 3.63) is 29.6 Å². The second-order valence-electron chi connectivity index (χ2n) is 4.20. The van der Waals surface area contributed by atoms with E-state index in [1.165, 1.54) is 12.1 Å². The maximum atomic E-state index is 13.1. The van der Waals surface area contributed by atoms with Crippen LogP contribution in [0.1, 0.15) is 19.4 Å². The molecule has 0 spiro atoms. The third kappa shape index (κ3) is 3.76. The van der Waals surface area contributed by atoms with Gasteiger partial charge >= 0.3 is 0 Å². The molecule has 0 atom stereocenters. The van der Waals surface area contributed by atoms with E-state index in [1.807, 2.05) is 13.8 Å².